The van der Waals surface area contributed by atoms with E-state index in [9.17, 15) is 27.9 Å². The second kappa shape index (κ2) is 10.6. The van der Waals surface area contributed by atoms with Gasteiger partial charge in [0.1, 0.15) is 11.5 Å². The van der Waals surface area contributed by atoms with Crippen molar-refractivity contribution in [2.45, 2.75) is 19.2 Å². The molecule has 3 aromatic carbocycles. The first kappa shape index (κ1) is 25.2. The van der Waals surface area contributed by atoms with Crippen LogP contribution in [0.1, 0.15) is 27.9 Å². The van der Waals surface area contributed by atoms with Gasteiger partial charge in [0.25, 0.3) is 0 Å². The molecule has 0 atom stereocenters. The standard InChI is InChI=1S/C25H21F3N2O5/c26-25(27,28)35-22-9-7-21(8-10-22)34-24(33)17-4-1-15(2-5-17)11-18(23(31)32)6-3-16-12-19(29)14-20(30)13-16/h1-2,4-5,7-14H,3,6,29-30H2,(H,31,32). The molecule has 182 valence electrons. The molecule has 35 heavy (non-hydrogen) atoms. The number of nitrogen functional groups attached to an aromatic ring is 2. The zero-order chi connectivity index (χ0) is 25.6. The van der Waals surface area contributed by atoms with Gasteiger partial charge in [-0.1, -0.05) is 12.1 Å². The molecule has 0 aliphatic heterocycles. The number of carboxylic acid groups (broad SMARTS) is 1. The minimum atomic E-state index is -4.82. The van der Waals surface area contributed by atoms with Crippen LogP contribution in [-0.2, 0) is 11.2 Å². The van der Waals surface area contributed by atoms with Gasteiger partial charge in [-0.2, -0.15) is 0 Å². The predicted octanol–water partition coefficient (Wildman–Crippen LogP) is 5.07. The van der Waals surface area contributed by atoms with E-state index in [0.717, 1.165) is 17.7 Å². The third-order valence-corrected chi connectivity index (χ3v) is 4.75. The number of hydrogen-bond acceptors (Lipinski definition) is 6. The summed E-state index contributed by atoms with van der Waals surface area (Å²) < 4.78 is 45.6. The Hall–Kier alpha value is -4.47. The molecule has 10 heteroatoms. The van der Waals surface area contributed by atoms with E-state index < -0.39 is 24.1 Å². The quantitative estimate of drug-likeness (QED) is 0.176. The number of carbonyl (C=O) groups is 2. The molecule has 3 rings (SSSR count). The van der Waals surface area contributed by atoms with Gasteiger partial charge < -0.3 is 26.0 Å². The highest BCUT2D eigenvalue weighted by Gasteiger charge is 2.31. The summed E-state index contributed by atoms with van der Waals surface area (Å²) in [7, 11) is 0. The Morgan fingerprint density at radius 2 is 1.46 bits per heavy atom. The van der Waals surface area contributed by atoms with Crippen molar-refractivity contribution in [2.75, 3.05) is 11.5 Å². The van der Waals surface area contributed by atoms with E-state index >= 15 is 0 Å². The number of nitrogens with two attached hydrogens (primary N) is 2. The van der Waals surface area contributed by atoms with Crippen LogP contribution in [0.5, 0.6) is 11.5 Å². The van der Waals surface area contributed by atoms with Gasteiger partial charge in [-0.3, -0.25) is 0 Å². The van der Waals surface area contributed by atoms with Crippen LogP contribution in [0.3, 0.4) is 0 Å². The lowest BCUT2D eigenvalue weighted by Gasteiger charge is -2.09. The molecular formula is C25H21F3N2O5. The van der Waals surface area contributed by atoms with Crippen molar-refractivity contribution in [3.8, 4) is 11.5 Å². The van der Waals surface area contributed by atoms with E-state index in [1.807, 2.05) is 0 Å². The molecule has 0 saturated carbocycles. The minimum absolute atomic E-state index is 0.0313. The van der Waals surface area contributed by atoms with Gasteiger partial charge in [-0.15, -0.1) is 13.2 Å². The molecule has 0 radical (unpaired) electrons. The molecule has 0 fully saturated rings. The highest BCUT2D eigenvalue weighted by atomic mass is 19.4. The summed E-state index contributed by atoms with van der Waals surface area (Å²) in [5.41, 5.74) is 14.2. The SMILES string of the molecule is Nc1cc(N)cc(CCC(=Cc2ccc(C(=O)Oc3ccc(OC(F)(F)F)cc3)cc2)C(=O)O)c1. The predicted molar refractivity (Wildman–Crippen MR) is 124 cm³/mol. The fourth-order valence-corrected chi connectivity index (χ4v) is 3.20. The fourth-order valence-electron chi connectivity index (χ4n) is 3.20. The zero-order valence-corrected chi connectivity index (χ0v) is 18.2. The van der Waals surface area contributed by atoms with Crippen LogP contribution in [0.2, 0.25) is 0 Å². The average molecular weight is 486 g/mol. The van der Waals surface area contributed by atoms with Crippen molar-refractivity contribution >= 4 is 29.4 Å². The van der Waals surface area contributed by atoms with Crippen molar-refractivity contribution < 1.29 is 37.3 Å². The molecular weight excluding hydrogens is 465 g/mol. The lowest BCUT2D eigenvalue weighted by molar-refractivity contribution is -0.274. The molecule has 0 unspecified atom stereocenters. The number of halogens is 3. The Labute approximate surface area is 198 Å². The number of aryl methyl sites for hydroxylation is 1. The summed E-state index contributed by atoms with van der Waals surface area (Å²) >= 11 is 0. The monoisotopic (exact) mass is 486 g/mol. The number of esters is 1. The number of rotatable bonds is 8. The Bertz CT molecular complexity index is 1220. The van der Waals surface area contributed by atoms with Crippen LogP contribution in [0.25, 0.3) is 6.08 Å². The van der Waals surface area contributed by atoms with Crippen LogP contribution in [0.15, 0.2) is 72.3 Å². The molecule has 0 saturated heterocycles. The summed E-state index contributed by atoms with van der Waals surface area (Å²) in [5.74, 6) is -2.23. The first-order valence-corrected chi connectivity index (χ1v) is 10.3. The van der Waals surface area contributed by atoms with E-state index in [1.54, 1.807) is 30.3 Å². The van der Waals surface area contributed by atoms with Gasteiger partial charge in [-0.25, -0.2) is 9.59 Å². The smallest absolute Gasteiger partial charge is 0.478 e. The number of alkyl halides is 3. The number of aliphatic carboxylic acids is 1. The van der Waals surface area contributed by atoms with E-state index in [1.165, 1.54) is 30.3 Å². The van der Waals surface area contributed by atoms with E-state index in [-0.39, 0.29) is 23.3 Å². The van der Waals surface area contributed by atoms with Crippen LogP contribution < -0.4 is 20.9 Å². The number of benzene rings is 3. The third-order valence-electron chi connectivity index (χ3n) is 4.75. The van der Waals surface area contributed by atoms with Gasteiger partial charge in [0, 0.05) is 16.9 Å². The molecule has 0 aliphatic rings. The second-order valence-electron chi connectivity index (χ2n) is 7.51. The Balaban J connectivity index is 1.64. The zero-order valence-electron chi connectivity index (χ0n) is 18.2. The number of anilines is 2. The van der Waals surface area contributed by atoms with E-state index in [0.29, 0.717) is 23.4 Å². The molecule has 0 spiro atoms. The summed E-state index contributed by atoms with van der Waals surface area (Å²) in [4.78, 5) is 24.0. The van der Waals surface area contributed by atoms with Crippen LogP contribution in [-0.4, -0.2) is 23.4 Å². The van der Waals surface area contributed by atoms with Crippen molar-refractivity contribution in [3.05, 3.63) is 89.0 Å². The topological polar surface area (TPSA) is 125 Å². The maximum Gasteiger partial charge on any atom is 0.573 e. The van der Waals surface area contributed by atoms with Crippen molar-refractivity contribution in [3.63, 3.8) is 0 Å². The largest absolute Gasteiger partial charge is 0.573 e. The lowest BCUT2D eigenvalue weighted by atomic mass is 10.0. The highest BCUT2D eigenvalue weighted by molar-refractivity contribution is 5.93. The van der Waals surface area contributed by atoms with Gasteiger partial charge in [0.15, 0.2) is 0 Å². The number of ether oxygens (including phenoxy) is 2. The third kappa shape index (κ3) is 7.81. The van der Waals surface area contributed by atoms with Crippen molar-refractivity contribution in [2.24, 2.45) is 0 Å². The summed E-state index contributed by atoms with van der Waals surface area (Å²) in [6, 6.07) is 15.5. The highest BCUT2D eigenvalue weighted by Crippen LogP contribution is 2.25. The molecule has 0 aromatic heterocycles. The maximum absolute atomic E-state index is 12.3. The van der Waals surface area contributed by atoms with Crippen molar-refractivity contribution in [1.29, 1.82) is 0 Å². The van der Waals surface area contributed by atoms with Crippen molar-refractivity contribution in [1.82, 2.24) is 0 Å². The Morgan fingerprint density at radius 1 is 0.886 bits per heavy atom. The normalized spacial score (nSPS) is 11.7. The maximum atomic E-state index is 12.3. The summed E-state index contributed by atoms with van der Waals surface area (Å²) in [5, 5.41) is 9.55. The number of carbonyl (C=O) groups excluding carboxylic acids is 1. The first-order valence-electron chi connectivity index (χ1n) is 10.3. The number of carboxylic acids is 1. The molecule has 0 heterocycles. The fraction of sp³-hybridized carbons (Fsp3) is 0.120. The molecule has 0 aliphatic carbocycles. The van der Waals surface area contributed by atoms with E-state index in [2.05, 4.69) is 4.74 Å². The van der Waals surface area contributed by atoms with Crippen LogP contribution in [0, 0.1) is 0 Å². The summed E-state index contributed by atoms with van der Waals surface area (Å²) in [6.45, 7) is 0. The molecule has 0 bridgehead atoms. The first-order chi connectivity index (χ1) is 16.5. The number of hydrogen-bond donors (Lipinski definition) is 3. The van der Waals surface area contributed by atoms with Crippen LogP contribution >= 0.6 is 0 Å². The van der Waals surface area contributed by atoms with E-state index in [4.69, 9.17) is 16.2 Å². The molecule has 7 nitrogen and oxygen atoms in total. The Morgan fingerprint density at radius 3 is 2.00 bits per heavy atom. The van der Waals surface area contributed by atoms with Gasteiger partial charge in [0.2, 0.25) is 0 Å². The Kier molecular flexibility index (Phi) is 7.65. The second-order valence-corrected chi connectivity index (χ2v) is 7.51. The molecule has 0 amide bonds. The van der Waals surface area contributed by atoms with Gasteiger partial charge in [-0.05, 0) is 84.6 Å². The summed E-state index contributed by atoms with van der Waals surface area (Å²) in [6.07, 6.45) is -2.68. The van der Waals surface area contributed by atoms with Gasteiger partial charge in [0.05, 0.1) is 5.56 Å². The van der Waals surface area contributed by atoms with Crippen LogP contribution in [0.4, 0.5) is 24.5 Å². The van der Waals surface area contributed by atoms with Gasteiger partial charge >= 0.3 is 18.3 Å². The lowest BCUT2D eigenvalue weighted by Crippen LogP contribution is -2.17. The molecule has 5 N–H and O–H groups in total. The average Bonchev–Trinajstić information content (AvgIpc) is 2.76. The minimum Gasteiger partial charge on any atom is -0.478 e. The molecule has 3 aromatic rings.